The fourth-order valence-electron chi connectivity index (χ4n) is 2.81. The summed E-state index contributed by atoms with van der Waals surface area (Å²) in [5.41, 5.74) is 0.985. The van der Waals surface area contributed by atoms with Crippen LogP contribution in [0.15, 0.2) is 24.7 Å². The monoisotopic (exact) mass is 278 g/mol. The Bertz CT molecular complexity index is 557. The van der Waals surface area contributed by atoms with Crippen molar-refractivity contribution in [1.29, 1.82) is 0 Å². The van der Waals surface area contributed by atoms with Crippen LogP contribution < -0.4 is 5.32 Å². The second-order valence-electron chi connectivity index (χ2n) is 5.66. The van der Waals surface area contributed by atoms with E-state index >= 15 is 0 Å². The zero-order valence-corrected chi connectivity index (χ0v) is 11.9. The molecule has 4 nitrogen and oxygen atoms in total. The van der Waals surface area contributed by atoms with Crippen molar-refractivity contribution in [3.63, 3.8) is 0 Å². The van der Waals surface area contributed by atoms with Crippen LogP contribution in [0.3, 0.4) is 0 Å². The summed E-state index contributed by atoms with van der Waals surface area (Å²) in [5, 5.41) is 7.83. The van der Waals surface area contributed by atoms with Gasteiger partial charge in [-0.05, 0) is 37.7 Å². The van der Waals surface area contributed by atoms with Gasteiger partial charge in [0.05, 0.1) is 11.7 Å². The molecule has 3 rings (SSSR count). The zero-order valence-electron chi connectivity index (χ0n) is 11.1. The lowest BCUT2D eigenvalue weighted by Crippen LogP contribution is -2.43. The third kappa shape index (κ3) is 2.41. The molecule has 1 aliphatic rings. The Morgan fingerprint density at radius 1 is 1.42 bits per heavy atom. The van der Waals surface area contributed by atoms with Crippen LogP contribution in [-0.2, 0) is 0 Å². The third-order valence-electron chi connectivity index (χ3n) is 4.20. The number of aromatic nitrogens is 3. The Hall–Kier alpha value is -1.29. The molecular weight excluding hydrogens is 260 g/mol. The van der Waals surface area contributed by atoms with Crippen LogP contribution in [-0.4, -0.2) is 26.0 Å². The van der Waals surface area contributed by atoms with Gasteiger partial charge >= 0.3 is 0 Å². The van der Waals surface area contributed by atoms with E-state index in [0.29, 0.717) is 5.88 Å². The van der Waals surface area contributed by atoms with E-state index in [1.807, 2.05) is 16.8 Å². The van der Waals surface area contributed by atoms with E-state index in [0.717, 1.165) is 30.1 Å². The molecule has 5 heteroatoms. The van der Waals surface area contributed by atoms with E-state index in [-0.39, 0.29) is 5.54 Å². The minimum atomic E-state index is -0.0207. The first-order valence-electron chi connectivity index (χ1n) is 6.85. The molecule has 19 heavy (non-hydrogen) atoms. The van der Waals surface area contributed by atoms with Gasteiger partial charge in [0.1, 0.15) is 5.52 Å². The van der Waals surface area contributed by atoms with Crippen molar-refractivity contribution in [3.05, 3.63) is 24.7 Å². The van der Waals surface area contributed by atoms with Gasteiger partial charge in [0, 0.05) is 18.3 Å². The van der Waals surface area contributed by atoms with Gasteiger partial charge in [0.15, 0.2) is 5.82 Å². The zero-order chi connectivity index (χ0) is 13.3. The van der Waals surface area contributed by atoms with Crippen LogP contribution in [0.1, 0.15) is 32.6 Å². The lowest BCUT2D eigenvalue weighted by Gasteiger charge is -2.39. The highest BCUT2D eigenvalue weighted by Gasteiger charge is 2.34. The minimum Gasteiger partial charge on any atom is -0.362 e. The molecule has 0 unspecified atom stereocenters. The molecule has 1 saturated carbocycles. The highest BCUT2D eigenvalue weighted by molar-refractivity contribution is 6.18. The van der Waals surface area contributed by atoms with Crippen LogP contribution in [0.4, 0.5) is 5.82 Å². The van der Waals surface area contributed by atoms with Gasteiger partial charge in [-0.3, -0.25) is 0 Å². The lowest BCUT2D eigenvalue weighted by atomic mass is 9.78. The molecule has 102 valence electrons. The van der Waals surface area contributed by atoms with Crippen LogP contribution in [0, 0.1) is 5.92 Å². The average Bonchev–Trinajstić information content (AvgIpc) is 2.91. The average molecular weight is 279 g/mol. The third-order valence-corrected chi connectivity index (χ3v) is 4.71. The van der Waals surface area contributed by atoms with Gasteiger partial charge in [0.25, 0.3) is 0 Å². The molecule has 0 radical (unpaired) electrons. The van der Waals surface area contributed by atoms with Crippen molar-refractivity contribution in [2.75, 3.05) is 11.2 Å². The summed E-state index contributed by atoms with van der Waals surface area (Å²) in [7, 11) is 0. The molecule has 0 bridgehead atoms. The van der Waals surface area contributed by atoms with Crippen molar-refractivity contribution < 1.29 is 0 Å². The number of hydrogen-bond acceptors (Lipinski definition) is 3. The topological polar surface area (TPSA) is 42.2 Å². The molecule has 0 aromatic carbocycles. The Morgan fingerprint density at radius 3 is 2.95 bits per heavy atom. The smallest absolute Gasteiger partial charge is 0.152 e. The number of rotatable bonds is 3. The Labute approximate surface area is 118 Å². The number of hydrogen-bond donors (Lipinski definition) is 1. The summed E-state index contributed by atoms with van der Waals surface area (Å²) < 4.78 is 1.84. The van der Waals surface area contributed by atoms with Crippen LogP contribution in [0.5, 0.6) is 0 Å². The van der Waals surface area contributed by atoms with Crippen molar-refractivity contribution in [1.82, 2.24) is 14.6 Å². The predicted octanol–water partition coefficient (Wildman–Crippen LogP) is 3.33. The van der Waals surface area contributed by atoms with E-state index in [9.17, 15) is 0 Å². The molecule has 0 spiro atoms. The summed E-state index contributed by atoms with van der Waals surface area (Å²) in [6.07, 6.45) is 10.1. The van der Waals surface area contributed by atoms with Crippen molar-refractivity contribution in [3.8, 4) is 0 Å². The summed E-state index contributed by atoms with van der Waals surface area (Å²) in [5.74, 6) is 2.31. The number of fused-ring (bicyclic) bond motifs is 1. The molecule has 0 aliphatic heterocycles. The summed E-state index contributed by atoms with van der Waals surface area (Å²) >= 11 is 6.25. The summed E-state index contributed by atoms with van der Waals surface area (Å²) in [6, 6.07) is 1.97. The highest BCUT2D eigenvalue weighted by atomic mass is 35.5. The van der Waals surface area contributed by atoms with Crippen LogP contribution >= 0.6 is 11.6 Å². The highest BCUT2D eigenvalue weighted by Crippen LogP contribution is 2.35. The lowest BCUT2D eigenvalue weighted by molar-refractivity contribution is 0.286. The quantitative estimate of drug-likeness (QED) is 0.876. The summed E-state index contributed by atoms with van der Waals surface area (Å²) in [4.78, 5) is 4.45. The maximum absolute atomic E-state index is 6.25. The van der Waals surface area contributed by atoms with Gasteiger partial charge < -0.3 is 5.32 Å². The molecule has 0 amide bonds. The van der Waals surface area contributed by atoms with Crippen LogP contribution in [0.2, 0.25) is 0 Å². The molecule has 1 aliphatic carbocycles. The van der Waals surface area contributed by atoms with E-state index < -0.39 is 0 Å². The molecule has 2 aromatic rings. The molecule has 1 N–H and O–H groups in total. The summed E-state index contributed by atoms with van der Waals surface area (Å²) in [6.45, 7) is 2.31. The maximum atomic E-state index is 6.25. The standard InChI is InChI=1S/C14H19ClN4/c1-11-2-5-14(10-15,6-3-11)18-13-12-4-7-17-19(12)9-8-16-13/h4,7-9,11H,2-3,5-6,10H2,1H3,(H,16,18). The van der Waals surface area contributed by atoms with Gasteiger partial charge in [-0.15, -0.1) is 11.6 Å². The largest absolute Gasteiger partial charge is 0.362 e. The van der Waals surface area contributed by atoms with E-state index in [2.05, 4.69) is 22.3 Å². The number of halogens is 1. The Kier molecular flexibility index (Phi) is 3.35. The SMILES string of the molecule is CC1CCC(CCl)(Nc2nccn3nccc23)CC1. The molecule has 2 aromatic heterocycles. The predicted molar refractivity (Wildman–Crippen MR) is 77.7 cm³/mol. The number of nitrogens with zero attached hydrogens (tertiary/aromatic N) is 3. The number of alkyl halides is 1. The van der Waals surface area contributed by atoms with Crippen molar-refractivity contribution in [2.45, 2.75) is 38.1 Å². The fourth-order valence-corrected chi connectivity index (χ4v) is 3.15. The first-order valence-corrected chi connectivity index (χ1v) is 7.38. The first-order chi connectivity index (χ1) is 9.22. The van der Waals surface area contributed by atoms with Crippen molar-refractivity contribution >= 4 is 22.9 Å². The molecule has 1 fully saturated rings. The Morgan fingerprint density at radius 2 is 2.21 bits per heavy atom. The Balaban J connectivity index is 1.88. The van der Waals surface area contributed by atoms with Crippen molar-refractivity contribution in [2.24, 2.45) is 5.92 Å². The fraction of sp³-hybridized carbons (Fsp3) is 0.571. The molecule has 0 saturated heterocycles. The van der Waals surface area contributed by atoms with Crippen LogP contribution in [0.25, 0.3) is 5.52 Å². The number of nitrogens with one attached hydrogen (secondary N) is 1. The second-order valence-corrected chi connectivity index (χ2v) is 5.93. The molecule has 0 atom stereocenters. The van der Waals surface area contributed by atoms with E-state index in [1.165, 1.54) is 12.8 Å². The van der Waals surface area contributed by atoms with Gasteiger partial charge in [-0.2, -0.15) is 5.10 Å². The maximum Gasteiger partial charge on any atom is 0.152 e. The molecule has 2 heterocycles. The normalized spacial score (nSPS) is 27.6. The van der Waals surface area contributed by atoms with Gasteiger partial charge in [-0.1, -0.05) is 6.92 Å². The number of anilines is 1. The van der Waals surface area contributed by atoms with Gasteiger partial charge in [0.2, 0.25) is 0 Å². The minimum absolute atomic E-state index is 0.0207. The first kappa shape index (κ1) is 12.7. The van der Waals surface area contributed by atoms with Gasteiger partial charge in [-0.25, -0.2) is 9.50 Å². The van der Waals surface area contributed by atoms with E-state index in [1.54, 1.807) is 12.4 Å². The second kappa shape index (κ2) is 5.00. The van der Waals surface area contributed by atoms with E-state index in [4.69, 9.17) is 11.6 Å². The molecular formula is C14H19ClN4.